The fraction of sp³-hybridized carbons (Fsp3) is 0.471. The summed E-state index contributed by atoms with van der Waals surface area (Å²) in [5, 5.41) is 5.77. The second-order valence-electron chi connectivity index (χ2n) is 6.37. The maximum Gasteiger partial charge on any atom is 0.407 e. The quantitative estimate of drug-likeness (QED) is 0.532. The zero-order valence-corrected chi connectivity index (χ0v) is 16.4. The summed E-state index contributed by atoms with van der Waals surface area (Å²) in [5.41, 5.74) is -0.246. The number of nitrogens with one attached hydrogen (secondary N) is 2. The third kappa shape index (κ3) is 9.48. The van der Waals surface area contributed by atoms with Crippen molar-refractivity contribution in [2.45, 2.75) is 39.2 Å². The van der Waals surface area contributed by atoms with Crippen LogP contribution in [0.5, 0.6) is 0 Å². The van der Waals surface area contributed by atoms with Crippen molar-refractivity contribution in [3.63, 3.8) is 0 Å². The Kier molecular flexibility index (Phi) is 8.68. The molecule has 0 aliphatic rings. The Hall–Kier alpha value is -1.99. The van der Waals surface area contributed by atoms with E-state index in [-0.39, 0.29) is 13.0 Å². The predicted octanol–water partition coefficient (Wildman–Crippen LogP) is 3.78. The molecule has 1 aromatic rings. The molecular weight excluding hydrogens is 383 g/mol. The molecule has 0 atom stereocenters. The van der Waals surface area contributed by atoms with Crippen LogP contribution in [0.3, 0.4) is 0 Å². The molecule has 9 heteroatoms. The van der Waals surface area contributed by atoms with Gasteiger partial charge in [-0.05, 0) is 45.4 Å². The minimum atomic E-state index is -0.581. The summed E-state index contributed by atoms with van der Waals surface area (Å²) in [6.45, 7) is 5.08. The number of benzene rings is 1. The topological polar surface area (TPSA) is 93.7 Å². The molecule has 0 aromatic heterocycles. The van der Waals surface area contributed by atoms with Crippen molar-refractivity contribution in [2.75, 3.05) is 18.5 Å². The summed E-state index contributed by atoms with van der Waals surface area (Å²) in [7, 11) is 0. The van der Waals surface area contributed by atoms with E-state index in [0.717, 1.165) is 0 Å². The average Bonchev–Trinajstić information content (AvgIpc) is 2.51. The van der Waals surface area contributed by atoms with Crippen LogP contribution < -0.4 is 10.6 Å². The molecule has 0 saturated carbocycles. The van der Waals surface area contributed by atoms with Crippen molar-refractivity contribution in [1.29, 1.82) is 0 Å². The van der Waals surface area contributed by atoms with Gasteiger partial charge >= 0.3 is 12.1 Å². The van der Waals surface area contributed by atoms with Gasteiger partial charge in [-0.2, -0.15) is 0 Å². The average molecular weight is 405 g/mol. The molecule has 7 nitrogen and oxygen atoms in total. The Bertz CT molecular complexity index is 659. The molecule has 0 bridgehead atoms. The highest BCUT2D eigenvalue weighted by molar-refractivity contribution is 6.35. The van der Waals surface area contributed by atoms with E-state index in [4.69, 9.17) is 32.7 Å². The molecule has 1 rings (SSSR count). The van der Waals surface area contributed by atoms with Crippen LogP contribution in [0.1, 0.15) is 33.6 Å². The Morgan fingerprint density at radius 3 is 2.50 bits per heavy atom. The first kappa shape index (κ1) is 22.1. The van der Waals surface area contributed by atoms with E-state index in [9.17, 15) is 14.4 Å². The summed E-state index contributed by atoms with van der Waals surface area (Å²) in [5.74, 6) is -1.09. The standard InChI is InChI=1S/C17H22Cl2N2O5/c1-17(2,3)26-16(24)20-8-4-5-15(23)25-10-14(22)21-13-9-11(18)6-7-12(13)19/h6-7,9H,4-5,8,10H2,1-3H3,(H,20,24)(H,21,22). The highest BCUT2D eigenvalue weighted by atomic mass is 35.5. The smallest absolute Gasteiger partial charge is 0.407 e. The Labute approximate surface area is 162 Å². The molecule has 2 N–H and O–H groups in total. The molecule has 1 aromatic carbocycles. The van der Waals surface area contributed by atoms with Crippen LogP contribution in [-0.2, 0) is 19.1 Å². The lowest BCUT2D eigenvalue weighted by atomic mass is 10.2. The van der Waals surface area contributed by atoms with Crippen molar-refractivity contribution in [3.05, 3.63) is 28.2 Å². The Morgan fingerprint density at radius 1 is 1.15 bits per heavy atom. The second-order valence-corrected chi connectivity index (χ2v) is 7.21. The summed E-state index contributed by atoms with van der Waals surface area (Å²) < 4.78 is 9.92. The zero-order valence-electron chi connectivity index (χ0n) is 14.9. The van der Waals surface area contributed by atoms with Crippen LogP contribution in [0, 0.1) is 0 Å². The number of hydrogen-bond donors (Lipinski definition) is 2. The number of alkyl carbamates (subject to hydrolysis) is 1. The lowest BCUT2D eigenvalue weighted by Gasteiger charge is -2.19. The summed E-state index contributed by atoms with van der Waals surface area (Å²) in [4.78, 5) is 34.8. The van der Waals surface area contributed by atoms with Gasteiger partial charge in [0.1, 0.15) is 5.60 Å². The van der Waals surface area contributed by atoms with Crippen molar-refractivity contribution >= 4 is 46.9 Å². The molecule has 0 radical (unpaired) electrons. The molecule has 0 heterocycles. The lowest BCUT2D eigenvalue weighted by molar-refractivity contribution is -0.147. The van der Waals surface area contributed by atoms with Crippen molar-refractivity contribution < 1.29 is 23.9 Å². The third-order valence-electron chi connectivity index (χ3n) is 2.79. The largest absolute Gasteiger partial charge is 0.456 e. The minimum Gasteiger partial charge on any atom is -0.456 e. The van der Waals surface area contributed by atoms with E-state index >= 15 is 0 Å². The molecule has 2 amide bonds. The van der Waals surface area contributed by atoms with Crippen LogP contribution in [0.15, 0.2) is 18.2 Å². The highest BCUT2D eigenvalue weighted by Gasteiger charge is 2.15. The number of anilines is 1. The number of halogens is 2. The number of ether oxygens (including phenoxy) is 2. The van der Waals surface area contributed by atoms with Gasteiger partial charge in [-0.25, -0.2) is 4.79 Å². The molecule has 144 valence electrons. The van der Waals surface area contributed by atoms with Gasteiger partial charge in [0.2, 0.25) is 0 Å². The Morgan fingerprint density at radius 2 is 1.85 bits per heavy atom. The van der Waals surface area contributed by atoms with E-state index in [1.165, 1.54) is 6.07 Å². The molecule has 0 unspecified atom stereocenters. The van der Waals surface area contributed by atoms with E-state index in [1.54, 1.807) is 32.9 Å². The maximum atomic E-state index is 11.8. The maximum absolute atomic E-state index is 11.8. The van der Waals surface area contributed by atoms with Crippen LogP contribution in [0.4, 0.5) is 10.5 Å². The SMILES string of the molecule is CC(C)(C)OC(=O)NCCCC(=O)OCC(=O)Nc1cc(Cl)ccc1Cl. The number of esters is 1. The molecular formula is C17H22Cl2N2O5. The first-order valence-corrected chi connectivity index (χ1v) is 8.70. The first-order valence-electron chi connectivity index (χ1n) is 7.94. The van der Waals surface area contributed by atoms with E-state index in [0.29, 0.717) is 22.2 Å². The molecule has 26 heavy (non-hydrogen) atoms. The fourth-order valence-corrected chi connectivity index (χ4v) is 2.07. The number of carbonyl (C=O) groups is 3. The van der Waals surface area contributed by atoms with E-state index < -0.39 is 30.2 Å². The summed E-state index contributed by atoms with van der Waals surface area (Å²) >= 11 is 11.7. The molecule has 0 aliphatic carbocycles. The van der Waals surface area contributed by atoms with Crippen molar-refractivity contribution in [1.82, 2.24) is 5.32 Å². The third-order valence-corrected chi connectivity index (χ3v) is 3.36. The zero-order chi connectivity index (χ0) is 19.7. The summed E-state index contributed by atoms with van der Waals surface area (Å²) in [6, 6.07) is 4.63. The predicted molar refractivity (Wildman–Crippen MR) is 99.5 cm³/mol. The number of carbonyl (C=O) groups excluding carboxylic acids is 3. The monoisotopic (exact) mass is 404 g/mol. The van der Waals surface area contributed by atoms with Gasteiger partial charge in [0.05, 0.1) is 10.7 Å². The van der Waals surface area contributed by atoms with Gasteiger partial charge in [0.15, 0.2) is 6.61 Å². The van der Waals surface area contributed by atoms with Crippen molar-refractivity contribution in [3.8, 4) is 0 Å². The molecule has 0 saturated heterocycles. The fourth-order valence-electron chi connectivity index (χ4n) is 1.74. The normalized spacial score (nSPS) is 10.8. The van der Waals surface area contributed by atoms with E-state index in [2.05, 4.69) is 10.6 Å². The molecule has 0 aliphatic heterocycles. The lowest BCUT2D eigenvalue weighted by Crippen LogP contribution is -2.33. The van der Waals surface area contributed by atoms with Crippen LogP contribution in [-0.4, -0.2) is 36.7 Å². The van der Waals surface area contributed by atoms with Crippen LogP contribution in [0.2, 0.25) is 10.0 Å². The molecule has 0 spiro atoms. The van der Waals surface area contributed by atoms with Gasteiger partial charge in [-0.15, -0.1) is 0 Å². The summed E-state index contributed by atoms with van der Waals surface area (Å²) in [6.07, 6.45) is -0.135. The number of hydrogen-bond acceptors (Lipinski definition) is 5. The first-order chi connectivity index (χ1) is 12.1. The Balaban J connectivity index is 2.22. The van der Waals surface area contributed by atoms with Gasteiger partial charge in [-0.3, -0.25) is 9.59 Å². The number of amides is 2. The number of rotatable bonds is 7. The van der Waals surface area contributed by atoms with Gasteiger partial charge < -0.3 is 20.1 Å². The second kappa shape index (κ2) is 10.2. The van der Waals surface area contributed by atoms with Crippen LogP contribution in [0.25, 0.3) is 0 Å². The van der Waals surface area contributed by atoms with Gasteiger partial charge in [-0.1, -0.05) is 23.2 Å². The van der Waals surface area contributed by atoms with Gasteiger partial charge in [0.25, 0.3) is 5.91 Å². The van der Waals surface area contributed by atoms with Crippen molar-refractivity contribution in [2.24, 2.45) is 0 Å². The molecule has 0 fully saturated rings. The van der Waals surface area contributed by atoms with Crippen LogP contribution >= 0.6 is 23.2 Å². The minimum absolute atomic E-state index is 0.0565. The van der Waals surface area contributed by atoms with E-state index in [1.807, 2.05) is 0 Å². The van der Waals surface area contributed by atoms with Gasteiger partial charge in [0, 0.05) is 18.0 Å². The highest BCUT2D eigenvalue weighted by Crippen LogP contribution is 2.25.